The van der Waals surface area contributed by atoms with Gasteiger partial charge in [0.25, 0.3) is 0 Å². The zero-order chi connectivity index (χ0) is 18.5. The molecular formula is C19H16BrFO5. The van der Waals surface area contributed by atoms with Crippen molar-refractivity contribution in [3.05, 3.63) is 71.8 Å². The molecule has 0 aliphatic carbocycles. The van der Waals surface area contributed by atoms with Crippen LogP contribution in [-0.4, -0.2) is 41.9 Å². The van der Waals surface area contributed by atoms with Crippen LogP contribution in [-0.2, 0) is 14.2 Å². The Bertz CT molecular complexity index is 755. The SMILES string of the molecule is O=C(OCC1OC(Br)C(F)C1OC(=O)c1ccccc1)c1ccccc1. The van der Waals surface area contributed by atoms with Crippen molar-refractivity contribution >= 4 is 27.9 Å². The van der Waals surface area contributed by atoms with Gasteiger partial charge < -0.3 is 14.2 Å². The summed E-state index contributed by atoms with van der Waals surface area (Å²) < 4.78 is 30.2. The summed E-state index contributed by atoms with van der Waals surface area (Å²) in [5.41, 5.74) is 0.674. The molecule has 7 heteroatoms. The number of hydrogen-bond acceptors (Lipinski definition) is 5. The molecule has 0 spiro atoms. The van der Waals surface area contributed by atoms with Crippen molar-refractivity contribution in [1.82, 2.24) is 0 Å². The third-order valence-corrected chi connectivity index (χ3v) is 4.60. The van der Waals surface area contributed by atoms with E-state index in [1.807, 2.05) is 0 Å². The summed E-state index contributed by atoms with van der Waals surface area (Å²) >= 11 is 3.05. The predicted octanol–water partition coefficient (Wildman–Crippen LogP) is 3.53. The summed E-state index contributed by atoms with van der Waals surface area (Å²) in [6, 6.07) is 16.7. The van der Waals surface area contributed by atoms with E-state index in [4.69, 9.17) is 14.2 Å². The first kappa shape index (κ1) is 18.5. The van der Waals surface area contributed by atoms with E-state index >= 15 is 0 Å². The van der Waals surface area contributed by atoms with Crippen LogP contribution in [0.5, 0.6) is 0 Å². The molecule has 0 aromatic heterocycles. The molecule has 1 saturated heterocycles. The lowest BCUT2D eigenvalue weighted by atomic mass is 10.1. The van der Waals surface area contributed by atoms with E-state index in [9.17, 15) is 14.0 Å². The van der Waals surface area contributed by atoms with Gasteiger partial charge in [0.05, 0.1) is 11.1 Å². The minimum absolute atomic E-state index is 0.233. The normalized spacial score (nSPS) is 24.8. The minimum Gasteiger partial charge on any atom is -0.459 e. The molecule has 2 aromatic rings. The van der Waals surface area contributed by atoms with E-state index in [0.29, 0.717) is 11.1 Å². The Kier molecular flexibility index (Phi) is 6.00. The Morgan fingerprint density at radius 2 is 1.50 bits per heavy atom. The fourth-order valence-corrected chi connectivity index (χ4v) is 3.11. The summed E-state index contributed by atoms with van der Waals surface area (Å²) in [6.45, 7) is -0.233. The van der Waals surface area contributed by atoms with Crippen LogP contribution < -0.4 is 0 Å². The van der Waals surface area contributed by atoms with Gasteiger partial charge in [-0.25, -0.2) is 14.0 Å². The topological polar surface area (TPSA) is 61.8 Å². The second kappa shape index (κ2) is 8.42. The van der Waals surface area contributed by atoms with Crippen LogP contribution in [0.3, 0.4) is 0 Å². The number of carbonyl (C=O) groups excluding carboxylic acids is 2. The smallest absolute Gasteiger partial charge is 0.338 e. The van der Waals surface area contributed by atoms with Crippen molar-refractivity contribution in [1.29, 1.82) is 0 Å². The quantitative estimate of drug-likeness (QED) is 0.544. The maximum Gasteiger partial charge on any atom is 0.338 e. The standard InChI is InChI=1S/C19H16BrFO5/c20-17-15(21)16(26-19(23)13-9-5-2-6-10-13)14(25-17)11-24-18(22)12-7-3-1-4-8-12/h1-10,14-17H,11H2. The number of carbonyl (C=O) groups is 2. The van der Waals surface area contributed by atoms with Crippen LogP contribution in [0, 0.1) is 0 Å². The highest BCUT2D eigenvalue weighted by atomic mass is 79.9. The molecule has 0 amide bonds. The van der Waals surface area contributed by atoms with Crippen molar-refractivity contribution in [2.24, 2.45) is 0 Å². The van der Waals surface area contributed by atoms with E-state index in [1.54, 1.807) is 60.7 Å². The third kappa shape index (κ3) is 4.28. The summed E-state index contributed by atoms with van der Waals surface area (Å²) in [7, 11) is 0. The van der Waals surface area contributed by atoms with Gasteiger partial charge in [0.2, 0.25) is 0 Å². The summed E-state index contributed by atoms with van der Waals surface area (Å²) in [6.07, 6.45) is -3.67. The first-order valence-corrected chi connectivity index (χ1v) is 8.89. The molecule has 1 aliphatic heterocycles. The van der Waals surface area contributed by atoms with Gasteiger partial charge in [0, 0.05) is 0 Å². The van der Waals surface area contributed by atoms with Crippen LogP contribution in [0.15, 0.2) is 60.7 Å². The zero-order valence-corrected chi connectivity index (χ0v) is 15.2. The first-order valence-electron chi connectivity index (χ1n) is 7.98. The number of ether oxygens (including phenoxy) is 3. The molecule has 0 saturated carbocycles. The Morgan fingerprint density at radius 1 is 0.962 bits per heavy atom. The summed E-state index contributed by atoms with van der Waals surface area (Å²) in [5.74, 6) is -1.22. The maximum absolute atomic E-state index is 14.4. The van der Waals surface area contributed by atoms with Crippen molar-refractivity contribution in [3.63, 3.8) is 0 Å². The third-order valence-electron chi connectivity index (χ3n) is 3.88. The van der Waals surface area contributed by atoms with Gasteiger partial charge in [-0.15, -0.1) is 0 Å². The van der Waals surface area contributed by atoms with Crippen LogP contribution in [0.25, 0.3) is 0 Å². The monoisotopic (exact) mass is 422 g/mol. The number of alkyl halides is 2. The lowest BCUT2D eigenvalue weighted by Crippen LogP contribution is -2.37. The molecule has 26 heavy (non-hydrogen) atoms. The number of hydrogen-bond donors (Lipinski definition) is 0. The van der Waals surface area contributed by atoms with E-state index in [1.165, 1.54) is 0 Å². The highest BCUT2D eigenvalue weighted by molar-refractivity contribution is 9.09. The Balaban J connectivity index is 1.63. The largest absolute Gasteiger partial charge is 0.459 e. The van der Waals surface area contributed by atoms with Crippen molar-refractivity contribution in [2.45, 2.75) is 23.4 Å². The second-order valence-electron chi connectivity index (χ2n) is 5.67. The molecule has 136 valence electrons. The molecule has 5 nitrogen and oxygen atoms in total. The Labute approximate surface area is 158 Å². The summed E-state index contributed by atoms with van der Waals surface area (Å²) in [4.78, 5) is 24.2. The molecule has 4 atom stereocenters. The van der Waals surface area contributed by atoms with Crippen LogP contribution in [0.2, 0.25) is 0 Å². The van der Waals surface area contributed by atoms with Crippen LogP contribution in [0.1, 0.15) is 20.7 Å². The molecule has 0 bridgehead atoms. The molecule has 1 fully saturated rings. The average Bonchev–Trinajstić information content (AvgIpc) is 2.95. The highest BCUT2D eigenvalue weighted by Gasteiger charge is 2.47. The molecule has 0 N–H and O–H groups in total. The lowest BCUT2D eigenvalue weighted by molar-refractivity contribution is -0.0342. The fraction of sp³-hybridized carbons (Fsp3) is 0.263. The van der Waals surface area contributed by atoms with Crippen molar-refractivity contribution in [3.8, 4) is 0 Å². The van der Waals surface area contributed by atoms with Crippen molar-refractivity contribution < 1.29 is 28.2 Å². The molecule has 0 radical (unpaired) electrons. The number of benzene rings is 2. The first-order chi connectivity index (χ1) is 12.6. The van der Waals surface area contributed by atoms with Gasteiger partial charge in [-0.2, -0.15) is 0 Å². The van der Waals surface area contributed by atoms with Gasteiger partial charge in [0.1, 0.15) is 17.7 Å². The van der Waals surface area contributed by atoms with Crippen LogP contribution in [0.4, 0.5) is 4.39 Å². The van der Waals surface area contributed by atoms with Gasteiger partial charge in [-0.3, -0.25) is 0 Å². The van der Waals surface area contributed by atoms with E-state index in [0.717, 1.165) is 0 Å². The van der Waals surface area contributed by atoms with Gasteiger partial charge >= 0.3 is 11.9 Å². The van der Waals surface area contributed by atoms with Gasteiger partial charge in [-0.1, -0.05) is 52.3 Å². The lowest BCUT2D eigenvalue weighted by Gasteiger charge is -2.19. The molecule has 1 aliphatic rings. The van der Waals surface area contributed by atoms with Gasteiger partial charge in [0.15, 0.2) is 12.3 Å². The molecule has 2 aromatic carbocycles. The summed E-state index contributed by atoms with van der Waals surface area (Å²) in [5, 5.41) is -0.948. The molecule has 4 unspecified atom stereocenters. The second-order valence-corrected chi connectivity index (χ2v) is 6.57. The van der Waals surface area contributed by atoms with Crippen LogP contribution >= 0.6 is 15.9 Å². The average molecular weight is 423 g/mol. The maximum atomic E-state index is 14.4. The van der Waals surface area contributed by atoms with E-state index < -0.39 is 35.3 Å². The van der Waals surface area contributed by atoms with E-state index in [-0.39, 0.29) is 6.61 Å². The number of esters is 2. The number of rotatable bonds is 5. The molecular weight excluding hydrogens is 407 g/mol. The fourth-order valence-electron chi connectivity index (χ4n) is 2.53. The Morgan fingerprint density at radius 3 is 2.08 bits per heavy atom. The van der Waals surface area contributed by atoms with Crippen molar-refractivity contribution in [2.75, 3.05) is 6.61 Å². The number of halogens is 2. The predicted molar refractivity (Wildman–Crippen MR) is 94.9 cm³/mol. The highest BCUT2D eigenvalue weighted by Crippen LogP contribution is 2.31. The Hall–Kier alpha value is -2.25. The minimum atomic E-state index is -1.58. The van der Waals surface area contributed by atoms with Gasteiger partial charge in [-0.05, 0) is 24.3 Å². The molecule has 3 rings (SSSR count). The molecule has 1 heterocycles. The zero-order valence-electron chi connectivity index (χ0n) is 13.6. The van der Waals surface area contributed by atoms with E-state index in [2.05, 4.69) is 15.9 Å².